The van der Waals surface area contributed by atoms with Gasteiger partial charge in [0.25, 0.3) is 0 Å². The Kier molecular flexibility index (Phi) is 3.32. The molecule has 0 N–H and O–H groups in total. The van der Waals surface area contributed by atoms with Crippen LogP contribution in [-0.2, 0) is 19.1 Å². The van der Waals surface area contributed by atoms with Crippen molar-refractivity contribution in [2.75, 3.05) is 0 Å². The van der Waals surface area contributed by atoms with Crippen molar-refractivity contribution in [1.29, 1.82) is 0 Å². The highest BCUT2D eigenvalue weighted by molar-refractivity contribution is 5.82. The highest BCUT2D eigenvalue weighted by Crippen LogP contribution is 2.32. The largest absolute Gasteiger partial charge is 0.416 e. The molecular formula is C13H15F3N2. The lowest BCUT2D eigenvalue weighted by molar-refractivity contribution is -0.137. The van der Waals surface area contributed by atoms with Crippen molar-refractivity contribution in [1.82, 2.24) is 9.78 Å². The van der Waals surface area contributed by atoms with Gasteiger partial charge in [-0.3, -0.25) is 4.68 Å². The second-order valence-corrected chi connectivity index (χ2v) is 4.25. The minimum atomic E-state index is -4.30. The lowest BCUT2D eigenvalue weighted by Crippen LogP contribution is -2.05. The van der Waals surface area contributed by atoms with Crippen LogP contribution in [0, 0.1) is 0 Å². The zero-order chi connectivity index (χ0) is 13.3. The van der Waals surface area contributed by atoms with Crippen LogP contribution in [0.1, 0.15) is 31.5 Å². The first-order valence-corrected chi connectivity index (χ1v) is 6.04. The molecule has 0 radical (unpaired) electrons. The van der Waals surface area contributed by atoms with E-state index in [9.17, 15) is 13.2 Å². The molecule has 2 rings (SSSR count). The fraction of sp³-hybridized carbons (Fsp3) is 0.462. The molecule has 0 atom stereocenters. The van der Waals surface area contributed by atoms with Crippen LogP contribution in [0.15, 0.2) is 18.2 Å². The molecule has 0 amide bonds. The maximum Gasteiger partial charge on any atom is 0.416 e. The van der Waals surface area contributed by atoms with Gasteiger partial charge in [-0.2, -0.15) is 18.3 Å². The Labute approximate surface area is 103 Å². The SMILES string of the molecule is CCCn1nc(CC)c2ccc(C(F)(F)F)cc21. The molecule has 0 saturated heterocycles. The lowest BCUT2D eigenvalue weighted by Gasteiger charge is -2.07. The number of aromatic nitrogens is 2. The van der Waals surface area contributed by atoms with Gasteiger partial charge in [0, 0.05) is 11.9 Å². The van der Waals surface area contributed by atoms with E-state index in [1.165, 1.54) is 12.1 Å². The van der Waals surface area contributed by atoms with Crippen LogP contribution in [0.3, 0.4) is 0 Å². The van der Waals surface area contributed by atoms with Gasteiger partial charge in [0.1, 0.15) is 0 Å². The zero-order valence-electron chi connectivity index (χ0n) is 10.4. The van der Waals surface area contributed by atoms with Crippen molar-refractivity contribution < 1.29 is 13.2 Å². The predicted octanol–water partition coefficient (Wildman–Crippen LogP) is 4.03. The molecule has 0 aliphatic rings. The van der Waals surface area contributed by atoms with E-state index in [1.54, 1.807) is 4.68 Å². The molecule has 0 fully saturated rings. The van der Waals surface area contributed by atoms with Crippen molar-refractivity contribution in [2.24, 2.45) is 0 Å². The Balaban J connectivity index is 2.63. The molecule has 5 heteroatoms. The molecule has 0 aliphatic heterocycles. The maximum atomic E-state index is 12.7. The molecule has 1 heterocycles. The second kappa shape index (κ2) is 4.63. The summed E-state index contributed by atoms with van der Waals surface area (Å²) in [7, 11) is 0. The van der Waals surface area contributed by atoms with Crippen molar-refractivity contribution in [3.05, 3.63) is 29.5 Å². The Morgan fingerprint density at radius 3 is 2.50 bits per heavy atom. The van der Waals surface area contributed by atoms with Gasteiger partial charge < -0.3 is 0 Å². The van der Waals surface area contributed by atoms with E-state index in [-0.39, 0.29) is 0 Å². The molecule has 0 bridgehead atoms. The summed E-state index contributed by atoms with van der Waals surface area (Å²) in [6.07, 6.45) is -2.74. The lowest BCUT2D eigenvalue weighted by atomic mass is 10.1. The summed E-state index contributed by atoms with van der Waals surface area (Å²) in [5, 5.41) is 5.19. The second-order valence-electron chi connectivity index (χ2n) is 4.25. The Morgan fingerprint density at radius 2 is 1.94 bits per heavy atom. The number of rotatable bonds is 3. The third-order valence-corrected chi connectivity index (χ3v) is 2.93. The fourth-order valence-corrected chi connectivity index (χ4v) is 2.06. The number of nitrogens with zero attached hydrogens (tertiary/aromatic N) is 2. The molecule has 0 saturated carbocycles. The van der Waals surface area contributed by atoms with E-state index < -0.39 is 11.7 Å². The van der Waals surface area contributed by atoms with Gasteiger partial charge in [-0.1, -0.05) is 19.9 Å². The van der Waals surface area contributed by atoms with Gasteiger partial charge in [-0.15, -0.1) is 0 Å². The van der Waals surface area contributed by atoms with E-state index in [0.29, 0.717) is 12.1 Å². The highest BCUT2D eigenvalue weighted by atomic mass is 19.4. The molecule has 0 aliphatic carbocycles. The van der Waals surface area contributed by atoms with Gasteiger partial charge in [-0.25, -0.2) is 0 Å². The van der Waals surface area contributed by atoms with Crippen molar-refractivity contribution in [3.63, 3.8) is 0 Å². The van der Waals surface area contributed by atoms with Crippen LogP contribution < -0.4 is 0 Å². The maximum absolute atomic E-state index is 12.7. The van der Waals surface area contributed by atoms with E-state index >= 15 is 0 Å². The van der Waals surface area contributed by atoms with E-state index in [1.807, 2.05) is 13.8 Å². The third kappa shape index (κ3) is 2.21. The van der Waals surface area contributed by atoms with Gasteiger partial charge in [0.05, 0.1) is 16.8 Å². The van der Waals surface area contributed by atoms with Gasteiger partial charge in [0.2, 0.25) is 0 Å². The molecule has 2 aromatic rings. The Hall–Kier alpha value is -1.52. The number of aryl methyl sites for hydroxylation is 2. The summed E-state index contributed by atoms with van der Waals surface area (Å²) in [5.74, 6) is 0. The number of hydrogen-bond acceptors (Lipinski definition) is 1. The third-order valence-electron chi connectivity index (χ3n) is 2.93. The number of alkyl halides is 3. The van der Waals surface area contributed by atoms with Crippen LogP contribution in [0.5, 0.6) is 0 Å². The molecular weight excluding hydrogens is 241 g/mol. The first kappa shape index (κ1) is 12.9. The van der Waals surface area contributed by atoms with Crippen LogP contribution in [0.25, 0.3) is 10.9 Å². The number of fused-ring (bicyclic) bond motifs is 1. The monoisotopic (exact) mass is 256 g/mol. The van der Waals surface area contributed by atoms with Crippen LogP contribution in [0.2, 0.25) is 0 Å². The van der Waals surface area contributed by atoms with E-state index in [2.05, 4.69) is 5.10 Å². The number of hydrogen-bond donors (Lipinski definition) is 0. The fourth-order valence-electron chi connectivity index (χ4n) is 2.06. The van der Waals surface area contributed by atoms with Crippen LogP contribution in [0.4, 0.5) is 13.2 Å². The summed E-state index contributed by atoms with van der Waals surface area (Å²) < 4.78 is 39.7. The first-order chi connectivity index (χ1) is 8.47. The summed E-state index contributed by atoms with van der Waals surface area (Å²) in [5.41, 5.74) is 0.811. The quantitative estimate of drug-likeness (QED) is 0.810. The van der Waals surface area contributed by atoms with E-state index in [0.717, 1.165) is 30.0 Å². The average Bonchev–Trinajstić information content (AvgIpc) is 2.66. The summed E-state index contributed by atoms with van der Waals surface area (Å²) in [6, 6.07) is 3.84. The van der Waals surface area contributed by atoms with Gasteiger partial charge >= 0.3 is 6.18 Å². The predicted molar refractivity (Wildman–Crippen MR) is 64.4 cm³/mol. The number of benzene rings is 1. The summed E-state index contributed by atoms with van der Waals surface area (Å²) >= 11 is 0. The molecule has 0 spiro atoms. The molecule has 98 valence electrons. The number of halogens is 3. The first-order valence-electron chi connectivity index (χ1n) is 6.04. The normalized spacial score (nSPS) is 12.3. The van der Waals surface area contributed by atoms with Gasteiger partial charge in [0.15, 0.2) is 0 Å². The topological polar surface area (TPSA) is 17.8 Å². The standard InChI is InChI=1S/C13H15F3N2/c1-3-7-18-12-8-9(13(14,15)16)5-6-10(12)11(4-2)17-18/h5-6,8H,3-4,7H2,1-2H3. The average molecular weight is 256 g/mol. The van der Waals surface area contributed by atoms with E-state index in [4.69, 9.17) is 0 Å². The van der Waals surface area contributed by atoms with Crippen molar-refractivity contribution in [2.45, 2.75) is 39.4 Å². The highest BCUT2D eigenvalue weighted by Gasteiger charge is 2.31. The molecule has 18 heavy (non-hydrogen) atoms. The molecule has 1 aromatic heterocycles. The summed E-state index contributed by atoms with van der Waals surface area (Å²) in [6.45, 7) is 4.57. The minimum Gasteiger partial charge on any atom is -0.265 e. The molecule has 0 unspecified atom stereocenters. The minimum absolute atomic E-state index is 0.573. The van der Waals surface area contributed by atoms with Crippen molar-refractivity contribution in [3.8, 4) is 0 Å². The zero-order valence-corrected chi connectivity index (χ0v) is 10.4. The van der Waals surface area contributed by atoms with Crippen molar-refractivity contribution >= 4 is 10.9 Å². The van der Waals surface area contributed by atoms with Crippen LogP contribution in [-0.4, -0.2) is 9.78 Å². The van der Waals surface area contributed by atoms with Gasteiger partial charge in [-0.05, 0) is 25.0 Å². The Morgan fingerprint density at radius 1 is 1.22 bits per heavy atom. The van der Waals surface area contributed by atoms with Crippen LogP contribution >= 0.6 is 0 Å². The summed E-state index contributed by atoms with van der Waals surface area (Å²) in [4.78, 5) is 0. The smallest absolute Gasteiger partial charge is 0.265 e. The molecule has 2 nitrogen and oxygen atoms in total. The molecule has 1 aromatic carbocycles. The Bertz CT molecular complexity index is 555.